The molecule has 1 aromatic carbocycles. The number of hydrogen-bond donors (Lipinski definition) is 2. The van der Waals surface area contributed by atoms with Crippen molar-refractivity contribution in [1.82, 2.24) is 19.6 Å². The van der Waals surface area contributed by atoms with Crippen LogP contribution in [0.5, 0.6) is 5.88 Å². The molecule has 1 aliphatic rings. The number of aromatic nitrogens is 2. The van der Waals surface area contributed by atoms with Gasteiger partial charge in [0.2, 0.25) is 15.9 Å². The van der Waals surface area contributed by atoms with Crippen LogP contribution in [-0.4, -0.2) is 61.2 Å². The lowest BCUT2D eigenvalue weighted by molar-refractivity contribution is 0.0730. The SMILES string of the molecule is COc1cc(NC(=S)NCc2ccc(S(=O)(=O)N3CCOCC3)cc2)ncn1. The van der Waals surface area contributed by atoms with Gasteiger partial charge in [0.25, 0.3) is 0 Å². The van der Waals surface area contributed by atoms with Crippen molar-refractivity contribution < 1.29 is 17.9 Å². The minimum absolute atomic E-state index is 0.270. The zero-order valence-corrected chi connectivity index (χ0v) is 16.9. The third-order valence-electron chi connectivity index (χ3n) is 4.08. The van der Waals surface area contributed by atoms with Gasteiger partial charge in [-0.15, -0.1) is 0 Å². The Morgan fingerprint density at radius 2 is 1.96 bits per heavy atom. The summed E-state index contributed by atoms with van der Waals surface area (Å²) in [7, 11) is -1.97. The van der Waals surface area contributed by atoms with Gasteiger partial charge >= 0.3 is 0 Å². The van der Waals surface area contributed by atoms with E-state index in [9.17, 15) is 8.42 Å². The highest BCUT2D eigenvalue weighted by Crippen LogP contribution is 2.17. The molecule has 3 rings (SSSR count). The van der Waals surface area contributed by atoms with Gasteiger partial charge in [-0.1, -0.05) is 12.1 Å². The van der Waals surface area contributed by atoms with E-state index in [0.717, 1.165) is 5.56 Å². The summed E-state index contributed by atoms with van der Waals surface area (Å²) in [4.78, 5) is 8.25. The van der Waals surface area contributed by atoms with Gasteiger partial charge in [0.1, 0.15) is 12.1 Å². The number of morpholine rings is 1. The van der Waals surface area contributed by atoms with E-state index in [1.54, 1.807) is 30.3 Å². The van der Waals surface area contributed by atoms with E-state index in [2.05, 4.69) is 20.6 Å². The summed E-state index contributed by atoms with van der Waals surface area (Å²) < 4.78 is 36.9. The van der Waals surface area contributed by atoms with Crippen molar-refractivity contribution >= 4 is 33.2 Å². The fraction of sp³-hybridized carbons (Fsp3) is 0.353. The number of methoxy groups -OCH3 is 1. The molecule has 0 aliphatic carbocycles. The largest absolute Gasteiger partial charge is 0.481 e. The third kappa shape index (κ3) is 5.13. The monoisotopic (exact) mass is 423 g/mol. The zero-order chi connectivity index (χ0) is 20.0. The Hall–Kier alpha value is -2.34. The maximum Gasteiger partial charge on any atom is 0.243 e. The van der Waals surface area contributed by atoms with Crippen LogP contribution in [0.3, 0.4) is 0 Å². The fourth-order valence-electron chi connectivity index (χ4n) is 2.58. The first-order chi connectivity index (χ1) is 13.5. The average Bonchev–Trinajstić information content (AvgIpc) is 2.73. The standard InChI is InChI=1S/C17H21N5O4S2/c1-25-16-10-15(19-12-20-16)21-17(27)18-11-13-2-4-14(5-3-13)28(23,24)22-6-8-26-9-7-22/h2-5,10,12H,6-9,11H2,1H3,(H2,18,19,20,21,27). The molecule has 0 atom stereocenters. The molecule has 1 aliphatic heterocycles. The van der Waals surface area contributed by atoms with Crippen molar-refractivity contribution in [3.63, 3.8) is 0 Å². The van der Waals surface area contributed by atoms with Gasteiger partial charge in [-0.05, 0) is 29.9 Å². The van der Waals surface area contributed by atoms with E-state index in [4.69, 9.17) is 21.7 Å². The lowest BCUT2D eigenvalue weighted by Gasteiger charge is -2.26. The highest BCUT2D eigenvalue weighted by molar-refractivity contribution is 7.89. The maximum absolute atomic E-state index is 12.6. The van der Waals surface area contributed by atoms with Crippen LogP contribution in [0.4, 0.5) is 5.82 Å². The normalized spacial score (nSPS) is 15.0. The summed E-state index contributed by atoms with van der Waals surface area (Å²) in [5, 5.41) is 6.37. The Labute approximate surface area is 169 Å². The van der Waals surface area contributed by atoms with E-state index >= 15 is 0 Å². The number of anilines is 1. The molecule has 2 N–H and O–H groups in total. The number of sulfonamides is 1. The second-order valence-corrected chi connectivity index (χ2v) is 8.26. The molecule has 1 fully saturated rings. The van der Waals surface area contributed by atoms with Gasteiger partial charge in [0.05, 0.1) is 25.2 Å². The Balaban J connectivity index is 1.56. The molecule has 0 amide bonds. The smallest absolute Gasteiger partial charge is 0.243 e. The first-order valence-corrected chi connectivity index (χ1v) is 10.4. The highest BCUT2D eigenvalue weighted by atomic mass is 32.2. The summed E-state index contributed by atoms with van der Waals surface area (Å²) in [6.45, 7) is 2.03. The third-order valence-corrected chi connectivity index (χ3v) is 6.24. The molecule has 28 heavy (non-hydrogen) atoms. The Morgan fingerprint density at radius 3 is 2.64 bits per heavy atom. The number of nitrogens with one attached hydrogen (secondary N) is 2. The van der Waals surface area contributed by atoms with Crippen molar-refractivity contribution in [3.05, 3.63) is 42.2 Å². The summed E-state index contributed by atoms with van der Waals surface area (Å²) in [5.74, 6) is 0.939. The second kappa shape index (κ2) is 9.24. The number of thiocarbonyl (C=S) groups is 1. The van der Waals surface area contributed by atoms with E-state index in [1.807, 2.05) is 0 Å². The minimum atomic E-state index is -3.49. The van der Waals surface area contributed by atoms with Gasteiger partial charge < -0.3 is 20.1 Å². The molecule has 1 aromatic heterocycles. The van der Waals surface area contributed by atoms with Crippen molar-refractivity contribution in [2.45, 2.75) is 11.4 Å². The van der Waals surface area contributed by atoms with Gasteiger partial charge in [0, 0.05) is 25.7 Å². The topological polar surface area (TPSA) is 106 Å². The molecule has 0 saturated carbocycles. The van der Waals surface area contributed by atoms with Crippen LogP contribution in [0.15, 0.2) is 41.6 Å². The van der Waals surface area contributed by atoms with E-state index in [-0.39, 0.29) is 4.90 Å². The van der Waals surface area contributed by atoms with Crippen molar-refractivity contribution in [2.24, 2.45) is 0 Å². The Bertz CT molecular complexity index is 915. The predicted octanol–water partition coefficient (Wildman–Crippen LogP) is 0.993. The number of benzene rings is 1. The lowest BCUT2D eigenvalue weighted by Crippen LogP contribution is -2.40. The van der Waals surface area contributed by atoms with Gasteiger partial charge in [-0.25, -0.2) is 18.4 Å². The molecule has 2 aromatic rings. The second-order valence-electron chi connectivity index (χ2n) is 5.91. The summed E-state index contributed by atoms with van der Waals surface area (Å²) in [5.41, 5.74) is 0.894. The van der Waals surface area contributed by atoms with Crippen molar-refractivity contribution in [3.8, 4) is 5.88 Å². The maximum atomic E-state index is 12.6. The molecule has 0 bridgehead atoms. The van der Waals surface area contributed by atoms with Crippen molar-refractivity contribution in [2.75, 3.05) is 38.7 Å². The number of rotatable bonds is 6. The average molecular weight is 424 g/mol. The molecule has 0 spiro atoms. The molecule has 2 heterocycles. The van der Waals surface area contributed by atoms with Crippen LogP contribution in [-0.2, 0) is 21.3 Å². The van der Waals surface area contributed by atoms with Crippen LogP contribution in [0.2, 0.25) is 0 Å². The molecule has 0 radical (unpaired) electrons. The fourth-order valence-corrected chi connectivity index (χ4v) is 4.16. The molecular formula is C17H21N5O4S2. The lowest BCUT2D eigenvalue weighted by atomic mass is 10.2. The Kier molecular flexibility index (Phi) is 6.73. The first kappa shape index (κ1) is 20.4. The molecule has 1 saturated heterocycles. The highest BCUT2D eigenvalue weighted by Gasteiger charge is 2.26. The van der Waals surface area contributed by atoms with Crippen molar-refractivity contribution in [1.29, 1.82) is 0 Å². The van der Waals surface area contributed by atoms with E-state index < -0.39 is 10.0 Å². The predicted molar refractivity (Wildman–Crippen MR) is 108 cm³/mol. The number of ether oxygens (including phenoxy) is 2. The van der Waals surface area contributed by atoms with Crippen LogP contribution in [0.1, 0.15) is 5.56 Å². The van der Waals surface area contributed by atoms with E-state index in [0.29, 0.717) is 49.7 Å². The first-order valence-electron chi connectivity index (χ1n) is 8.57. The zero-order valence-electron chi connectivity index (χ0n) is 15.3. The summed E-state index contributed by atoms with van der Waals surface area (Å²) >= 11 is 5.25. The van der Waals surface area contributed by atoms with E-state index in [1.165, 1.54) is 17.7 Å². The number of hydrogen-bond acceptors (Lipinski definition) is 7. The molecule has 9 nitrogen and oxygen atoms in total. The minimum Gasteiger partial charge on any atom is -0.481 e. The van der Waals surface area contributed by atoms with Crippen LogP contribution < -0.4 is 15.4 Å². The van der Waals surface area contributed by atoms with Crippen LogP contribution in [0.25, 0.3) is 0 Å². The number of nitrogens with zero attached hydrogens (tertiary/aromatic N) is 3. The molecule has 0 unspecified atom stereocenters. The molecular weight excluding hydrogens is 402 g/mol. The van der Waals surface area contributed by atoms with Crippen LogP contribution in [0, 0.1) is 0 Å². The summed E-state index contributed by atoms with van der Waals surface area (Å²) in [6, 6.07) is 8.35. The van der Waals surface area contributed by atoms with Gasteiger partial charge in [0.15, 0.2) is 5.11 Å². The Morgan fingerprint density at radius 1 is 1.25 bits per heavy atom. The van der Waals surface area contributed by atoms with Gasteiger partial charge in [-0.2, -0.15) is 4.31 Å². The van der Waals surface area contributed by atoms with Crippen LogP contribution >= 0.6 is 12.2 Å². The van der Waals surface area contributed by atoms with Gasteiger partial charge in [-0.3, -0.25) is 0 Å². The summed E-state index contributed by atoms with van der Waals surface area (Å²) in [6.07, 6.45) is 1.37. The quantitative estimate of drug-likeness (QED) is 0.658. The molecule has 150 valence electrons. The molecule has 11 heteroatoms.